The Balaban J connectivity index is 2.72. The molecule has 1 aromatic carbocycles. The van der Waals surface area contributed by atoms with E-state index in [0.717, 1.165) is 0 Å². The molecule has 0 heterocycles. The molecule has 1 N–H and O–H groups in total. The summed E-state index contributed by atoms with van der Waals surface area (Å²) in [6, 6.07) is 5.56. The van der Waals surface area contributed by atoms with Gasteiger partial charge in [-0.05, 0) is 12.5 Å². The third-order valence-electron chi connectivity index (χ3n) is 2.86. The van der Waals surface area contributed by atoms with Gasteiger partial charge in [0.25, 0.3) is 0 Å². The molecule has 1 aromatic rings. The molecule has 1 rings (SSSR count). The van der Waals surface area contributed by atoms with Crippen molar-refractivity contribution in [2.45, 2.75) is 19.8 Å². The van der Waals surface area contributed by atoms with Crippen molar-refractivity contribution < 1.29 is 29.3 Å². The summed E-state index contributed by atoms with van der Waals surface area (Å²) < 4.78 is 4.98. The summed E-state index contributed by atoms with van der Waals surface area (Å²) in [7, 11) is 0. The lowest BCUT2D eigenvalue weighted by Crippen LogP contribution is -2.26. The van der Waals surface area contributed by atoms with Gasteiger partial charge < -0.3 is 19.7 Å². The largest absolute Gasteiger partial charge is 0.545 e. The highest BCUT2D eigenvalue weighted by Gasteiger charge is 2.17. The fourth-order valence-corrected chi connectivity index (χ4v) is 1.68. The zero-order valence-electron chi connectivity index (χ0n) is 11.0. The second-order valence-corrected chi connectivity index (χ2v) is 4.30. The third-order valence-corrected chi connectivity index (χ3v) is 2.86. The number of ether oxygens (including phenoxy) is 1. The normalized spacial score (nSPS) is 11.7. The lowest BCUT2D eigenvalue weighted by molar-refractivity contribution is -0.255. The van der Waals surface area contributed by atoms with Crippen molar-refractivity contribution in [1.82, 2.24) is 0 Å². The van der Waals surface area contributed by atoms with Gasteiger partial charge in [0.05, 0.1) is 24.6 Å². The number of hydrogen-bond acceptors (Lipinski definition) is 5. The van der Waals surface area contributed by atoms with Crippen LogP contribution in [0.2, 0.25) is 0 Å². The molecule has 0 aliphatic heterocycles. The quantitative estimate of drug-likeness (QED) is 0.737. The molecule has 20 heavy (non-hydrogen) atoms. The van der Waals surface area contributed by atoms with E-state index in [4.69, 9.17) is 9.84 Å². The molecule has 0 aliphatic carbocycles. The highest BCUT2D eigenvalue weighted by molar-refractivity contribution is 6.01. The van der Waals surface area contributed by atoms with Gasteiger partial charge in [-0.1, -0.05) is 25.1 Å². The van der Waals surface area contributed by atoms with Gasteiger partial charge in [-0.2, -0.15) is 0 Å². The predicted molar refractivity (Wildman–Crippen MR) is 67.1 cm³/mol. The first kappa shape index (κ1) is 15.7. The second kappa shape index (κ2) is 7.28. The van der Waals surface area contributed by atoms with Crippen molar-refractivity contribution in [3.63, 3.8) is 0 Å². The molecule has 0 aliphatic rings. The van der Waals surface area contributed by atoms with Crippen LogP contribution in [0.3, 0.4) is 0 Å². The maximum absolute atomic E-state index is 11.8. The van der Waals surface area contributed by atoms with Crippen LogP contribution in [-0.4, -0.2) is 29.6 Å². The summed E-state index contributed by atoms with van der Waals surface area (Å²) in [5.74, 6) is -3.53. The zero-order chi connectivity index (χ0) is 15.1. The predicted octanol–water partition coefficient (Wildman–Crippen LogP) is 0.708. The average molecular weight is 279 g/mol. The zero-order valence-corrected chi connectivity index (χ0v) is 11.0. The van der Waals surface area contributed by atoms with Crippen LogP contribution in [0.5, 0.6) is 0 Å². The number of benzene rings is 1. The van der Waals surface area contributed by atoms with E-state index in [9.17, 15) is 19.5 Å². The Kier molecular flexibility index (Phi) is 5.71. The second-order valence-electron chi connectivity index (χ2n) is 4.30. The van der Waals surface area contributed by atoms with Crippen LogP contribution in [0.4, 0.5) is 0 Å². The van der Waals surface area contributed by atoms with E-state index >= 15 is 0 Å². The first-order valence-corrected chi connectivity index (χ1v) is 6.15. The van der Waals surface area contributed by atoms with Crippen molar-refractivity contribution in [1.29, 1.82) is 0 Å². The standard InChI is InChI=1S/C14H16O6/c1-2-9(7-12(15)16)8-20-14(19)11-6-4-3-5-10(11)13(17)18/h3-6,9H,2,7-8H2,1H3,(H,15,16)(H,17,18)/p-1. The summed E-state index contributed by atoms with van der Waals surface area (Å²) in [4.78, 5) is 33.3. The van der Waals surface area contributed by atoms with E-state index in [1.165, 1.54) is 24.3 Å². The van der Waals surface area contributed by atoms with Crippen LogP contribution in [-0.2, 0) is 9.53 Å². The Morgan fingerprint density at radius 1 is 1.25 bits per heavy atom. The Labute approximate surface area is 116 Å². The fourth-order valence-electron chi connectivity index (χ4n) is 1.68. The van der Waals surface area contributed by atoms with Gasteiger partial charge in [-0.3, -0.25) is 4.79 Å². The fraction of sp³-hybridized carbons (Fsp3) is 0.357. The summed E-state index contributed by atoms with van der Waals surface area (Å²) in [5, 5.41) is 19.6. The molecule has 1 unspecified atom stereocenters. The minimum atomic E-state index is -1.46. The molecule has 0 amide bonds. The first-order chi connectivity index (χ1) is 9.45. The monoisotopic (exact) mass is 279 g/mol. The minimum absolute atomic E-state index is 0.0665. The smallest absolute Gasteiger partial charge is 0.338 e. The number of carboxylic acid groups (broad SMARTS) is 2. The van der Waals surface area contributed by atoms with E-state index < -0.39 is 17.9 Å². The molecule has 0 radical (unpaired) electrons. The number of hydrogen-bond donors (Lipinski definition) is 1. The number of carboxylic acids is 2. The highest BCUT2D eigenvalue weighted by atomic mass is 16.5. The molecular formula is C14H15O6-. The number of esters is 1. The topological polar surface area (TPSA) is 104 Å². The van der Waals surface area contributed by atoms with Gasteiger partial charge in [-0.15, -0.1) is 0 Å². The molecule has 0 saturated heterocycles. The lowest BCUT2D eigenvalue weighted by atomic mass is 10.0. The van der Waals surface area contributed by atoms with E-state index in [-0.39, 0.29) is 30.1 Å². The number of carbonyl (C=O) groups is 3. The van der Waals surface area contributed by atoms with Crippen LogP contribution < -0.4 is 5.11 Å². The molecule has 6 nitrogen and oxygen atoms in total. The summed E-state index contributed by atoms with van der Waals surface area (Å²) in [5.41, 5.74) is -0.346. The maximum atomic E-state index is 11.8. The van der Waals surface area contributed by atoms with E-state index in [1.54, 1.807) is 6.92 Å². The molecule has 0 saturated carbocycles. The molecule has 0 bridgehead atoms. The number of aliphatic carboxylic acids is 1. The number of carbonyl (C=O) groups excluding carboxylic acids is 2. The van der Waals surface area contributed by atoms with E-state index in [1.807, 2.05) is 0 Å². The van der Waals surface area contributed by atoms with Crippen LogP contribution in [0.15, 0.2) is 24.3 Å². The molecular weight excluding hydrogens is 264 g/mol. The third kappa shape index (κ3) is 4.38. The Morgan fingerprint density at radius 2 is 1.85 bits per heavy atom. The minimum Gasteiger partial charge on any atom is -0.545 e. The first-order valence-electron chi connectivity index (χ1n) is 6.15. The Bertz CT molecular complexity index is 508. The number of rotatable bonds is 7. The lowest BCUT2D eigenvalue weighted by Gasteiger charge is -2.14. The van der Waals surface area contributed by atoms with Crippen molar-refractivity contribution in [2.75, 3.05) is 6.61 Å². The van der Waals surface area contributed by atoms with Crippen molar-refractivity contribution in [3.8, 4) is 0 Å². The summed E-state index contributed by atoms with van der Waals surface area (Å²) in [6.07, 6.45) is 0.438. The SMILES string of the molecule is CCC(COC(=O)c1ccccc1C(=O)[O-])CC(=O)O. The van der Waals surface area contributed by atoms with Gasteiger partial charge in [0.15, 0.2) is 0 Å². The van der Waals surface area contributed by atoms with E-state index in [2.05, 4.69) is 0 Å². The van der Waals surface area contributed by atoms with Gasteiger partial charge >= 0.3 is 11.9 Å². The van der Waals surface area contributed by atoms with Crippen LogP contribution in [0, 0.1) is 5.92 Å². The molecule has 6 heteroatoms. The van der Waals surface area contributed by atoms with Crippen LogP contribution in [0.25, 0.3) is 0 Å². The van der Waals surface area contributed by atoms with Gasteiger partial charge in [0.1, 0.15) is 0 Å². The van der Waals surface area contributed by atoms with E-state index in [0.29, 0.717) is 6.42 Å². The van der Waals surface area contributed by atoms with Crippen LogP contribution in [0.1, 0.15) is 40.5 Å². The van der Waals surface area contributed by atoms with Gasteiger partial charge in [0, 0.05) is 11.5 Å². The van der Waals surface area contributed by atoms with Gasteiger partial charge in [-0.25, -0.2) is 4.79 Å². The maximum Gasteiger partial charge on any atom is 0.338 e. The highest BCUT2D eigenvalue weighted by Crippen LogP contribution is 2.13. The Hall–Kier alpha value is -2.37. The molecule has 0 spiro atoms. The summed E-state index contributed by atoms with van der Waals surface area (Å²) in [6.45, 7) is 1.72. The molecule has 108 valence electrons. The molecule has 0 aromatic heterocycles. The van der Waals surface area contributed by atoms with Crippen molar-refractivity contribution in [2.24, 2.45) is 5.92 Å². The molecule has 1 atom stereocenters. The van der Waals surface area contributed by atoms with Crippen molar-refractivity contribution >= 4 is 17.9 Å². The average Bonchev–Trinajstić information content (AvgIpc) is 2.42. The molecule has 0 fully saturated rings. The Morgan fingerprint density at radius 3 is 2.35 bits per heavy atom. The van der Waals surface area contributed by atoms with Gasteiger partial charge in [0.2, 0.25) is 0 Å². The number of aromatic carboxylic acids is 1. The van der Waals surface area contributed by atoms with Crippen molar-refractivity contribution in [3.05, 3.63) is 35.4 Å². The van der Waals surface area contributed by atoms with Crippen LogP contribution >= 0.6 is 0 Å². The summed E-state index contributed by atoms with van der Waals surface area (Å²) >= 11 is 0.